The van der Waals surface area contributed by atoms with Crippen LogP contribution in [0.5, 0.6) is 0 Å². The van der Waals surface area contributed by atoms with Gasteiger partial charge in [0, 0.05) is 30.3 Å². The zero-order valence-corrected chi connectivity index (χ0v) is 11.9. The van der Waals surface area contributed by atoms with Crippen molar-refractivity contribution in [2.75, 3.05) is 18.0 Å². The standard InChI is InChI=1S/C15H23ClN2/c1-2-3-12-6-8-18(9-7-12)15-5-4-14(16)10-13(15)11-17/h4-5,10,12H,2-3,6-9,11,17H2,1H3. The van der Waals surface area contributed by atoms with Crippen LogP contribution in [-0.2, 0) is 6.54 Å². The lowest BCUT2D eigenvalue weighted by molar-refractivity contribution is 0.378. The van der Waals surface area contributed by atoms with Gasteiger partial charge in [-0.3, -0.25) is 0 Å². The van der Waals surface area contributed by atoms with Gasteiger partial charge in [0.25, 0.3) is 0 Å². The Balaban J connectivity index is 2.05. The molecule has 0 atom stereocenters. The molecule has 1 fully saturated rings. The fraction of sp³-hybridized carbons (Fsp3) is 0.600. The summed E-state index contributed by atoms with van der Waals surface area (Å²) < 4.78 is 0. The normalized spacial score (nSPS) is 17.2. The van der Waals surface area contributed by atoms with Crippen LogP contribution in [0.1, 0.15) is 38.2 Å². The maximum Gasteiger partial charge on any atom is 0.0412 e. The number of nitrogens with zero attached hydrogens (tertiary/aromatic N) is 1. The van der Waals surface area contributed by atoms with Crippen molar-refractivity contribution in [3.8, 4) is 0 Å². The lowest BCUT2D eigenvalue weighted by Gasteiger charge is -2.34. The van der Waals surface area contributed by atoms with Gasteiger partial charge in [0.2, 0.25) is 0 Å². The largest absolute Gasteiger partial charge is 0.371 e. The van der Waals surface area contributed by atoms with E-state index in [1.165, 1.54) is 31.4 Å². The van der Waals surface area contributed by atoms with Crippen LogP contribution >= 0.6 is 11.6 Å². The second kappa shape index (κ2) is 6.44. The van der Waals surface area contributed by atoms with Crippen LogP contribution in [0.3, 0.4) is 0 Å². The first-order valence-corrected chi connectivity index (χ1v) is 7.35. The number of piperidine rings is 1. The van der Waals surface area contributed by atoms with Gasteiger partial charge in [0.05, 0.1) is 0 Å². The first kappa shape index (κ1) is 13.7. The van der Waals surface area contributed by atoms with E-state index in [1.54, 1.807) is 0 Å². The van der Waals surface area contributed by atoms with E-state index in [0.717, 1.165) is 29.6 Å². The lowest BCUT2D eigenvalue weighted by Crippen LogP contribution is -2.34. The average molecular weight is 267 g/mol. The Hall–Kier alpha value is -0.730. The fourth-order valence-corrected chi connectivity index (χ4v) is 3.09. The minimum atomic E-state index is 0.560. The number of halogens is 1. The predicted octanol–water partition coefficient (Wildman–Crippen LogP) is 3.82. The molecular weight excluding hydrogens is 244 g/mol. The van der Waals surface area contributed by atoms with Crippen molar-refractivity contribution < 1.29 is 0 Å². The van der Waals surface area contributed by atoms with Gasteiger partial charge in [-0.25, -0.2) is 0 Å². The smallest absolute Gasteiger partial charge is 0.0412 e. The van der Waals surface area contributed by atoms with Crippen molar-refractivity contribution >= 4 is 17.3 Å². The maximum atomic E-state index is 6.02. The number of benzene rings is 1. The minimum Gasteiger partial charge on any atom is -0.371 e. The molecule has 0 radical (unpaired) electrons. The van der Waals surface area contributed by atoms with Crippen LogP contribution in [0.25, 0.3) is 0 Å². The Morgan fingerprint density at radius 3 is 2.67 bits per heavy atom. The van der Waals surface area contributed by atoms with Gasteiger partial charge in [-0.05, 0) is 42.5 Å². The van der Waals surface area contributed by atoms with Gasteiger partial charge in [0.15, 0.2) is 0 Å². The first-order chi connectivity index (χ1) is 8.74. The molecule has 1 aromatic rings. The van der Waals surface area contributed by atoms with Crippen molar-refractivity contribution in [2.24, 2.45) is 11.7 Å². The number of anilines is 1. The Kier molecular flexibility index (Phi) is 4.90. The summed E-state index contributed by atoms with van der Waals surface area (Å²) in [6.07, 6.45) is 5.29. The van der Waals surface area contributed by atoms with E-state index < -0.39 is 0 Å². The summed E-state index contributed by atoms with van der Waals surface area (Å²) >= 11 is 6.02. The first-order valence-electron chi connectivity index (χ1n) is 6.98. The van der Waals surface area contributed by atoms with Gasteiger partial charge in [-0.15, -0.1) is 0 Å². The van der Waals surface area contributed by atoms with E-state index >= 15 is 0 Å². The van der Waals surface area contributed by atoms with Crippen LogP contribution in [0.4, 0.5) is 5.69 Å². The molecular formula is C15H23ClN2. The van der Waals surface area contributed by atoms with Gasteiger partial charge in [-0.1, -0.05) is 31.4 Å². The van der Waals surface area contributed by atoms with Crippen molar-refractivity contribution in [1.29, 1.82) is 0 Å². The highest BCUT2D eigenvalue weighted by atomic mass is 35.5. The van der Waals surface area contributed by atoms with Crippen molar-refractivity contribution in [3.63, 3.8) is 0 Å². The number of hydrogen-bond acceptors (Lipinski definition) is 2. The van der Waals surface area contributed by atoms with Crippen molar-refractivity contribution in [1.82, 2.24) is 0 Å². The summed E-state index contributed by atoms with van der Waals surface area (Å²) in [7, 11) is 0. The fourth-order valence-electron chi connectivity index (χ4n) is 2.90. The molecule has 0 aromatic heterocycles. The van der Waals surface area contributed by atoms with Crippen LogP contribution < -0.4 is 10.6 Å². The maximum absolute atomic E-state index is 6.02. The quantitative estimate of drug-likeness (QED) is 0.898. The van der Waals surface area contributed by atoms with Gasteiger partial charge in [-0.2, -0.15) is 0 Å². The second-order valence-corrected chi connectivity index (χ2v) is 5.63. The number of hydrogen-bond donors (Lipinski definition) is 1. The third kappa shape index (κ3) is 3.18. The summed E-state index contributed by atoms with van der Waals surface area (Å²) in [5.74, 6) is 0.917. The summed E-state index contributed by atoms with van der Waals surface area (Å²) in [4.78, 5) is 2.46. The third-order valence-electron chi connectivity index (χ3n) is 3.91. The third-order valence-corrected chi connectivity index (χ3v) is 4.15. The molecule has 0 aliphatic carbocycles. The highest BCUT2D eigenvalue weighted by Gasteiger charge is 2.20. The molecule has 2 rings (SSSR count). The highest BCUT2D eigenvalue weighted by Crippen LogP contribution is 2.29. The number of nitrogens with two attached hydrogens (primary N) is 1. The molecule has 1 saturated heterocycles. The van der Waals surface area contributed by atoms with E-state index in [2.05, 4.69) is 17.9 Å². The molecule has 100 valence electrons. The number of rotatable bonds is 4. The van der Waals surface area contributed by atoms with E-state index in [0.29, 0.717) is 6.54 Å². The van der Waals surface area contributed by atoms with Crippen LogP contribution in [0, 0.1) is 5.92 Å². The molecule has 0 spiro atoms. The molecule has 1 aromatic carbocycles. The van der Waals surface area contributed by atoms with Crippen LogP contribution in [0.2, 0.25) is 5.02 Å². The van der Waals surface area contributed by atoms with E-state index in [-0.39, 0.29) is 0 Å². The van der Waals surface area contributed by atoms with E-state index in [1.807, 2.05) is 12.1 Å². The minimum absolute atomic E-state index is 0.560. The molecule has 1 aliphatic rings. The van der Waals surface area contributed by atoms with Crippen molar-refractivity contribution in [2.45, 2.75) is 39.2 Å². The van der Waals surface area contributed by atoms with E-state index in [9.17, 15) is 0 Å². The van der Waals surface area contributed by atoms with E-state index in [4.69, 9.17) is 17.3 Å². The zero-order chi connectivity index (χ0) is 13.0. The molecule has 1 aliphatic heterocycles. The molecule has 1 heterocycles. The lowest BCUT2D eigenvalue weighted by atomic mass is 9.92. The molecule has 3 heteroatoms. The molecule has 2 N–H and O–H groups in total. The van der Waals surface area contributed by atoms with Crippen LogP contribution in [-0.4, -0.2) is 13.1 Å². The predicted molar refractivity (Wildman–Crippen MR) is 79.2 cm³/mol. The van der Waals surface area contributed by atoms with Crippen LogP contribution in [0.15, 0.2) is 18.2 Å². The highest BCUT2D eigenvalue weighted by molar-refractivity contribution is 6.30. The Morgan fingerprint density at radius 1 is 1.33 bits per heavy atom. The Labute approximate surface area is 115 Å². The molecule has 18 heavy (non-hydrogen) atoms. The average Bonchev–Trinajstić information content (AvgIpc) is 2.40. The molecule has 0 bridgehead atoms. The topological polar surface area (TPSA) is 29.3 Å². The van der Waals surface area contributed by atoms with Gasteiger partial charge < -0.3 is 10.6 Å². The molecule has 0 saturated carbocycles. The van der Waals surface area contributed by atoms with Gasteiger partial charge in [0.1, 0.15) is 0 Å². The second-order valence-electron chi connectivity index (χ2n) is 5.20. The Morgan fingerprint density at radius 2 is 2.06 bits per heavy atom. The molecule has 0 amide bonds. The summed E-state index contributed by atoms with van der Waals surface area (Å²) in [5.41, 5.74) is 8.25. The van der Waals surface area contributed by atoms with Gasteiger partial charge >= 0.3 is 0 Å². The van der Waals surface area contributed by atoms with Crippen molar-refractivity contribution in [3.05, 3.63) is 28.8 Å². The summed E-state index contributed by atoms with van der Waals surface area (Å²) in [6, 6.07) is 6.08. The molecule has 2 nitrogen and oxygen atoms in total. The Bertz CT molecular complexity index is 384. The molecule has 0 unspecified atom stereocenters. The summed E-state index contributed by atoms with van der Waals surface area (Å²) in [5, 5.41) is 0.778. The summed E-state index contributed by atoms with van der Waals surface area (Å²) in [6.45, 7) is 5.14. The zero-order valence-electron chi connectivity index (χ0n) is 11.2. The monoisotopic (exact) mass is 266 g/mol. The SMILES string of the molecule is CCCC1CCN(c2ccc(Cl)cc2CN)CC1.